The van der Waals surface area contributed by atoms with Gasteiger partial charge in [0.2, 0.25) is 0 Å². The van der Waals surface area contributed by atoms with E-state index in [1.165, 1.54) is 6.07 Å². The average Bonchev–Trinajstić information content (AvgIpc) is 2.83. The Labute approximate surface area is 104 Å². The Balaban J connectivity index is 2.15. The minimum Gasteiger partial charge on any atom is -0.324 e. The Kier molecular flexibility index (Phi) is 3.72. The molecule has 0 saturated heterocycles. The van der Waals surface area contributed by atoms with Crippen molar-refractivity contribution in [1.29, 1.82) is 0 Å². The highest BCUT2D eigenvalue weighted by Gasteiger charge is 2.14. The van der Waals surface area contributed by atoms with Crippen molar-refractivity contribution in [2.24, 2.45) is 5.73 Å². The Morgan fingerprint density at radius 1 is 1.39 bits per heavy atom. The Hall–Kier alpha value is -1.75. The van der Waals surface area contributed by atoms with Gasteiger partial charge >= 0.3 is 0 Å². The van der Waals surface area contributed by atoms with Gasteiger partial charge in [-0.15, -0.1) is 0 Å². The molecule has 0 aliphatic heterocycles. The Morgan fingerprint density at radius 3 is 2.83 bits per heavy atom. The minimum absolute atomic E-state index is 0.249. The maximum atomic E-state index is 13.5. The van der Waals surface area contributed by atoms with Crippen molar-refractivity contribution in [3.8, 4) is 0 Å². The van der Waals surface area contributed by atoms with E-state index >= 15 is 0 Å². The number of hydrogen-bond acceptors (Lipinski definition) is 2. The summed E-state index contributed by atoms with van der Waals surface area (Å²) < 4.78 is 28.3. The second-order valence-electron chi connectivity index (χ2n) is 4.15. The molecular weight excluding hydrogens is 236 g/mol. The molecule has 0 spiro atoms. The van der Waals surface area contributed by atoms with E-state index in [0.717, 1.165) is 18.2 Å². The quantitative estimate of drug-likeness (QED) is 0.907. The molecule has 1 heterocycles. The van der Waals surface area contributed by atoms with Crippen molar-refractivity contribution in [3.05, 3.63) is 53.4 Å². The van der Waals surface area contributed by atoms with Gasteiger partial charge in [0, 0.05) is 24.3 Å². The van der Waals surface area contributed by atoms with Crippen LogP contribution in [-0.2, 0) is 13.0 Å². The first-order valence-corrected chi connectivity index (χ1v) is 5.82. The fourth-order valence-corrected chi connectivity index (χ4v) is 1.80. The second-order valence-corrected chi connectivity index (χ2v) is 4.15. The Morgan fingerprint density at radius 2 is 2.17 bits per heavy atom. The van der Waals surface area contributed by atoms with E-state index < -0.39 is 11.6 Å². The number of hydrogen-bond donors (Lipinski definition) is 1. The maximum absolute atomic E-state index is 13.5. The van der Waals surface area contributed by atoms with E-state index in [-0.39, 0.29) is 18.0 Å². The van der Waals surface area contributed by atoms with Gasteiger partial charge in [-0.05, 0) is 25.0 Å². The zero-order valence-electron chi connectivity index (χ0n) is 10.1. The highest BCUT2D eigenvalue weighted by molar-refractivity contribution is 5.22. The summed E-state index contributed by atoms with van der Waals surface area (Å²) in [4.78, 5) is 0. The van der Waals surface area contributed by atoms with Crippen molar-refractivity contribution in [1.82, 2.24) is 9.78 Å². The molecule has 0 fully saturated rings. The summed E-state index contributed by atoms with van der Waals surface area (Å²) >= 11 is 0. The number of aryl methyl sites for hydroxylation is 1. The average molecular weight is 251 g/mol. The molecule has 2 aromatic rings. The third kappa shape index (κ3) is 2.56. The molecule has 0 bridgehead atoms. The van der Waals surface area contributed by atoms with Gasteiger partial charge in [0.1, 0.15) is 0 Å². The van der Waals surface area contributed by atoms with E-state index in [9.17, 15) is 8.78 Å². The van der Waals surface area contributed by atoms with Gasteiger partial charge in [-0.25, -0.2) is 8.78 Å². The minimum atomic E-state index is -0.844. The van der Waals surface area contributed by atoms with Gasteiger partial charge in [-0.3, -0.25) is 4.68 Å². The molecule has 0 aliphatic rings. The van der Waals surface area contributed by atoms with E-state index in [2.05, 4.69) is 5.10 Å². The zero-order valence-corrected chi connectivity index (χ0v) is 10.1. The third-order valence-corrected chi connectivity index (χ3v) is 2.88. The summed E-state index contributed by atoms with van der Waals surface area (Å²) in [7, 11) is 0. The van der Waals surface area contributed by atoms with E-state index in [4.69, 9.17) is 5.73 Å². The first-order chi connectivity index (χ1) is 8.61. The van der Waals surface area contributed by atoms with Gasteiger partial charge in [-0.2, -0.15) is 5.10 Å². The van der Waals surface area contributed by atoms with Crippen LogP contribution >= 0.6 is 0 Å². The molecule has 18 heavy (non-hydrogen) atoms. The lowest BCUT2D eigenvalue weighted by Gasteiger charge is -2.10. The smallest absolute Gasteiger partial charge is 0.162 e. The zero-order chi connectivity index (χ0) is 13.1. The molecule has 0 amide bonds. The standard InChI is InChI=1S/C13H15F2N3/c1-2-18-8-10(7-17-18)12(16)6-9-4-3-5-11(14)13(9)15/h3-5,7-8,12H,2,6,16H2,1H3. The van der Waals surface area contributed by atoms with Crippen LogP contribution in [0.15, 0.2) is 30.6 Å². The molecule has 0 radical (unpaired) electrons. The monoisotopic (exact) mass is 251 g/mol. The van der Waals surface area contributed by atoms with Crippen LogP contribution in [0.1, 0.15) is 24.1 Å². The third-order valence-electron chi connectivity index (χ3n) is 2.88. The summed E-state index contributed by atoms with van der Waals surface area (Å²) in [5, 5.41) is 4.11. The molecular formula is C13H15F2N3. The lowest BCUT2D eigenvalue weighted by molar-refractivity contribution is 0.494. The summed E-state index contributed by atoms with van der Waals surface area (Å²) in [5.41, 5.74) is 7.08. The normalized spacial score (nSPS) is 12.7. The van der Waals surface area contributed by atoms with E-state index in [0.29, 0.717) is 0 Å². The fraction of sp³-hybridized carbons (Fsp3) is 0.308. The molecule has 1 aromatic carbocycles. The van der Waals surface area contributed by atoms with Crippen LogP contribution in [0.25, 0.3) is 0 Å². The molecule has 1 atom stereocenters. The Bertz CT molecular complexity index is 537. The van der Waals surface area contributed by atoms with Crippen LogP contribution in [0.5, 0.6) is 0 Å². The van der Waals surface area contributed by atoms with Gasteiger partial charge in [-0.1, -0.05) is 12.1 Å². The van der Waals surface area contributed by atoms with Crippen molar-refractivity contribution in [2.45, 2.75) is 25.9 Å². The molecule has 2 rings (SSSR count). The van der Waals surface area contributed by atoms with Crippen LogP contribution in [-0.4, -0.2) is 9.78 Å². The molecule has 0 saturated carbocycles. The van der Waals surface area contributed by atoms with Crippen molar-refractivity contribution < 1.29 is 8.78 Å². The largest absolute Gasteiger partial charge is 0.324 e. The molecule has 2 N–H and O–H groups in total. The van der Waals surface area contributed by atoms with Crippen LogP contribution in [0.4, 0.5) is 8.78 Å². The van der Waals surface area contributed by atoms with Crippen molar-refractivity contribution >= 4 is 0 Å². The fourth-order valence-electron chi connectivity index (χ4n) is 1.80. The molecule has 1 aromatic heterocycles. The predicted molar refractivity (Wildman–Crippen MR) is 64.9 cm³/mol. The van der Waals surface area contributed by atoms with Gasteiger partial charge < -0.3 is 5.73 Å². The number of nitrogens with two attached hydrogens (primary N) is 1. The second kappa shape index (κ2) is 5.27. The highest BCUT2D eigenvalue weighted by atomic mass is 19.2. The van der Waals surface area contributed by atoms with Gasteiger partial charge in [0.25, 0.3) is 0 Å². The molecule has 3 nitrogen and oxygen atoms in total. The highest BCUT2D eigenvalue weighted by Crippen LogP contribution is 2.19. The lowest BCUT2D eigenvalue weighted by atomic mass is 10.0. The van der Waals surface area contributed by atoms with Crippen LogP contribution in [0, 0.1) is 11.6 Å². The van der Waals surface area contributed by atoms with Crippen molar-refractivity contribution in [3.63, 3.8) is 0 Å². The summed E-state index contributed by atoms with van der Waals surface area (Å²) in [6, 6.07) is 3.74. The van der Waals surface area contributed by atoms with Crippen LogP contribution in [0.3, 0.4) is 0 Å². The van der Waals surface area contributed by atoms with Gasteiger partial charge in [0.15, 0.2) is 11.6 Å². The first kappa shape index (κ1) is 12.7. The van der Waals surface area contributed by atoms with Crippen molar-refractivity contribution in [2.75, 3.05) is 0 Å². The topological polar surface area (TPSA) is 43.8 Å². The number of benzene rings is 1. The van der Waals surface area contributed by atoms with E-state index in [1.54, 1.807) is 16.9 Å². The SMILES string of the molecule is CCn1cc(C(N)Cc2cccc(F)c2F)cn1. The van der Waals surface area contributed by atoms with Gasteiger partial charge in [0.05, 0.1) is 6.20 Å². The summed E-state index contributed by atoms with van der Waals surface area (Å²) in [5.74, 6) is -1.67. The van der Waals surface area contributed by atoms with E-state index in [1.807, 2.05) is 13.1 Å². The molecule has 1 unspecified atom stereocenters. The number of rotatable bonds is 4. The summed E-state index contributed by atoms with van der Waals surface area (Å²) in [6.07, 6.45) is 3.73. The predicted octanol–water partition coefficient (Wildman–Crippen LogP) is 2.42. The summed E-state index contributed by atoms with van der Waals surface area (Å²) in [6.45, 7) is 2.72. The van der Waals surface area contributed by atoms with Crippen LogP contribution in [0.2, 0.25) is 0 Å². The molecule has 0 aliphatic carbocycles. The maximum Gasteiger partial charge on any atom is 0.162 e. The number of nitrogens with zero attached hydrogens (tertiary/aromatic N) is 2. The lowest BCUT2D eigenvalue weighted by Crippen LogP contribution is -2.14. The molecule has 5 heteroatoms. The number of halogens is 2. The van der Waals surface area contributed by atoms with Crippen LogP contribution < -0.4 is 5.73 Å². The molecule has 96 valence electrons. The number of aromatic nitrogens is 2. The first-order valence-electron chi connectivity index (χ1n) is 5.82.